The molecule has 0 saturated carbocycles. The topological polar surface area (TPSA) is 364 Å². The Labute approximate surface area is 579 Å². The number of anilines is 1. The van der Waals surface area contributed by atoms with Gasteiger partial charge < -0.3 is 46.3 Å². The highest BCUT2D eigenvalue weighted by atomic mass is 32.2. The van der Waals surface area contributed by atoms with Crippen LogP contribution in [0.5, 0.6) is 5.75 Å². The number of ether oxygens (including phenoxy) is 1. The lowest BCUT2D eigenvalue weighted by atomic mass is 9.81. The van der Waals surface area contributed by atoms with E-state index in [0.29, 0.717) is 68.7 Å². The number of fused-ring (bicyclic) bond motifs is 2. The maximum atomic E-state index is 14.3. The molecule has 0 aromatic heterocycles. The van der Waals surface area contributed by atoms with Crippen molar-refractivity contribution in [3.8, 4) is 5.75 Å². The third kappa shape index (κ3) is 23.4. The van der Waals surface area contributed by atoms with E-state index in [1.54, 1.807) is 48.5 Å². The monoisotopic (exact) mass is 1400 g/mol. The first-order valence-corrected chi connectivity index (χ1v) is 36.9. The fourth-order valence-corrected chi connectivity index (χ4v) is 14.1. The van der Waals surface area contributed by atoms with E-state index in [-0.39, 0.29) is 94.4 Å². The average molecular weight is 1400 g/mol. The Hall–Kier alpha value is -8.91. The summed E-state index contributed by atoms with van der Waals surface area (Å²) in [6.45, 7) is 9.59. The van der Waals surface area contributed by atoms with Crippen molar-refractivity contribution < 1.29 is 84.1 Å². The number of nitrogens with zero attached hydrogens (tertiary/aromatic N) is 2. The second-order valence-electron chi connectivity index (χ2n) is 26.6. The minimum absolute atomic E-state index is 0.00607. The maximum Gasteiger partial charge on any atom is 0.326 e. The Morgan fingerprint density at radius 2 is 1.30 bits per heavy atom. The number of urea groups is 1. The van der Waals surface area contributed by atoms with Crippen molar-refractivity contribution in [2.24, 2.45) is 5.92 Å². The van der Waals surface area contributed by atoms with Crippen molar-refractivity contribution >= 4 is 84.4 Å². The summed E-state index contributed by atoms with van der Waals surface area (Å²) in [6.07, 6.45) is 11.6. The van der Waals surface area contributed by atoms with Crippen LogP contribution in [0.4, 0.5) is 16.2 Å². The molecule has 0 radical (unpaired) electrons. The Balaban J connectivity index is 1.07. The molecule has 532 valence electrons. The number of benzene rings is 4. The number of nitrogens with one attached hydrogen (secondary N) is 4. The van der Waals surface area contributed by atoms with Crippen molar-refractivity contribution in [2.75, 3.05) is 36.0 Å². The Morgan fingerprint density at radius 1 is 0.657 bits per heavy atom. The van der Waals surface area contributed by atoms with E-state index in [2.05, 4.69) is 89.6 Å². The van der Waals surface area contributed by atoms with Crippen LogP contribution in [0.15, 0.2) is 150 Å². The molecule has 3 amide bonds. The van der Waals surface area contributed by atoms with Gasteiger partial charge in [0.15, 0.2) is 11.5 Å². The van der Waals surface area contributed by atoms with Crippen LogP contribution in [0.3, 0.4) is 0 Å². The van der Waals surface area contributed by atoms with E-state index in [0.717, 1.165) is 57.0 Å². The minimum Gasteiger partial charge on any atom is -0.481 e. The molecule has 2 heterocycles. The van der Waals surface area contributed by atoms with E-state index in [1.165, 1.54) is 0 Å². The number of carboxylic acid groups (broad SMARTS) is 3. The van der Waals surface area contributed by atoms with E-state index < -0.39 is 96.9 Å². The first-order valence-electron chi connectivity index (χ1n) is 33.7. The molecule has 0 saturated heterocycles. The highest BCUT2D eigenvalue weighted by Gasteiger charge is 2.44. The molecule has 0 fully saturated rings. The number of amides is 3. The predicted molar refractivity (Wildman–Crippen MR) is 377 cm³/mol. The first kappa shape index (κ1) is 77.4. The average Bonchev–Trinajstić information content (AvgIpc) is 1.61. The van der Waals surface area contributed by atoms with Crippen LogP contribution in [0.25, 0.3) is 0 Å². The van der Waals surface area contributed by atoms with E-state index >= 15 is 0 Å². The summed E-state index contributed by atoms with van der Waals surface area (Å²) in [5, 5.41) is 44.8. The molecule has 2 aliphatic heterocycles. The number of carboxylic acids is 3. The lowest BCUT2D eigenvalue weighted by Crippen LogP contribution is -2.46. The van der Waals surface area contributed by atoms with E-state index in [1.807, 2.05) is 42.5 Å². The number of ketones is 2. The summed E-state index contributed by atoms with van der Waals surface area (Å²) in [7, 11) is -8.29. The fourth-order valence-electron chi connectivity index (χ4n) is 12.9. The second kappa shape index (κ2) is 35.7. The van der Waals surface area contributed by atoms with Crippen LogP contribution in [0, 0.1) is 11.3 Å². The highest BCUT2D eigenvalue weighted by Crippen LogP contribution is 2.48. The summed E-state index contributed by atoms with van der Waals surface area (Å²) in [4.78, 5) is 90.3. The number of aliphatic carboxylic acids is 3. The van der Waals surface area contributed by atoms with Crippen molar-refractivity contribution in [3.05, 3.63) is 172 Å². The molecule has 1 aliphatic carbocycles. The molecule has 9 N–H and O–H groups in total. The molecule has 25 heteroatoms. The number of hydrogen-bond donors (Lipinski definition) is 9. The van der Waals surface area contributed by atoms with Gasteiger partial charge in [0, 0.05) is 91.8 Å². The summed E-state index contributed by atoms with van der Waals surface area (Å²) in [6, 6.07) is 28.9. The van der Waals surface area contributed by atoms with Crippen LogP contribution in [-0.4, -0.2) is 142 Å². The van der Waals surface area contributed by atoms with Gasteiger partial charge in [-0.15, -0.1) is 0 Å². The van der Waals surface area contributed by atoms with Crippen LogP contribution in [0.2, 0.25) is 0 Å². The quantitative estimate of drug-likeness (QED) is 0.00864. The lowest BCUT2D eigenvalue weighted by Gasteiger charge is -2.27. The van der Waals surface area contributed by atoms with Gasteiger partial charge in [-0.2, -0.15) is 21.4 Å². The van der Waals surface area contributed by atoms with Crippen molar-refractivity contribution in [3.63, 3.8) is 0 Å². The molecular formula is C74H93N6O17S2+. The van der Waals surface area contributed by atoms with Crippen LogP contribution in [-0.2, 0) is 72.7 Å². The third-order valence-electron chi connectivity index (χ3n) is 18.2. The maximum absolute atomic E-state index is 14.3. The van der Waals surface area contributed by atoms with Gasteiger partial charge in [-0.05, 0) is 156 Å². The smallest absolute Gasteiger partial charge is 0.326 e. The number of rotatable bonds is 40. The largest absolute Gasteiger partial charge is 0.481 e. The van der Waals surface area contributed by atoms with Gasteiger partial charge >= 0.3 is 23.9 Å². The number of allylic oxidation sites excluding steroid dienone is 7. The van der Waals surface area contributed by atoms with Gasteiger partial charge in [0.2, 0.25) is 11.6 Å². The summed E-state index contributed by atoms with van der Waals surface area (Å²) < 4.78 is 75.0. The molecule has 3 aliphatic rings. The SMILES string of the molecule is CC1(C)C(=CC=C2CCCC(C=CC3=[N+](CCCCS(=O)(=O)O)c4ccccc4C3(C)C)=C2Oc2ccc(C[C@H](CC(=O)[C@H](Cc3ccccc3)NC(=O)CCCCC(=N)CC(=O)CC[C@H](NC(=O)NCCCC(=O)O)C(=O)O)C(=O)O)cc2)N(CCCCS(=O)(=O)O)c2ccccc21. The lowest BCUT2D eigenvalue weighted by molar-refractivity contribution is -0.438. The standard InChI is InChI=1S/C74H92N6O17S2/c1-73(2)58-25-9-11-27-62(58)79(42-14-16-44-98(91,92)93)65(73)39-33-52-22-18-23-53(34-40-66-74(3,4)59-26-10-12-28-63(59)80(66)43-15-17-45-99(94,95)96)69(52)97-57-36-31-51(32-37-57)46-54(70(86)87)48-64(82)61(47-50-20-6-5-7-21-50)77-67(83)29-13-8-24-55(75)49-56(81)35-38-60(71(88)89)78-72(90)76-41-19-30-68(84)85/h5-7,9-12,20-21,25-28,31-34,36-37,39-40,54,60-61,75H,8,13-19,22-24,29-30,35,38,41-49H2,1-4H3,(H7-,76,77,78,83,84,85,86,87,88,89,90,91,92,93,94,95,96)/p+1/t54-,60+,61+/m1/s1. The molecule has 0 spiro atoms. The highest BCUT2D eigenvalue weighted by molar-refractivity contribution is 7.86. The number of para-hydroxylation sites is 2. The Morgan fingerprint density at radius 3 is 1.98 bits per heavy atom. The van der Waals surface area contributed by atoms with E-state index in [4.69, 9.17) is 15.3 Å². The molecule has 3 atom stereocenters. The van der Waals surface area contributed by atoms with E-state index in [9.17, 15) is 69.7 Å². The molecular weight excluding hydrogens is 1310 g/mol. The summed E-state index contributed by atoms with van der Waals surface area (Å²) >= 11 is 0. The number of Topliss-reactive ketones (excluding diaryl/α,β-unsaturated/α-hetero) is 2. The van der Waals surface area contributed by atoms with Gasteiger partial charge in [-0.1, -0.05) is 98.8 Å². The second-order valence-corrected chi connectivity index (χ2v) is 29.7. The zero-order valence-corrected chi connectivity index (χ0v) is 58.3. The zero-order valence-electron chi connectivity index (χ0n) is 56.7. The van der Waals surface area contributed by atoms with Gasteiger partial charge in [-0.3, -0.25) is 33.1 Å². The molecule has 7 rings (SSSR count). The van der Waals surface area contributed by atoms with Crippen LogP contribution < -0.4 is 25.6 Å². The normalized spacial score (nSPS) is 16.6. The Kier molecular flexibility index (Phi) is 28.0. The molecule has 4 aromatic carbocycles. The molecule has 23 nitrogen and oxygen atoms in total. The summed E-state index contributed by atoms with van der Waals surface area (Å²) in [5.41, 5.74) is 8.48. The van der Waals surface area contributed by atoms with Crippen LogP contribution in [0.1, 0.15) is 159 Å². The summed E-state index contributed by atoms with van der Waals surface area (Å²) in [5.74, 6) is -5.78. The van der Waals surface area contributed by atoms with Crippen LogP contribution >= 0.6 is 0 Å². The molecule has 4 aromatic rings. The van der Waals surface area contributed by atoms with Gasteiger partial charge in [-0.25, -0.2) is 9.59 Å². The molecule has 99 heavy (non-hydrogen) atoms. The van der Waals surface area contributed by atoms with Crippen molar-refractivity contribution in [1.82, 2.24) is 16.0 Å². The van der Waals surface area contributed by atoms with Gasteiger partial charge in [0.1, 0.15) is 29.9 Å². The van der Waals surface area contributed by atoms with Gasteiger partial charge in [0.25, 0.3) is 20.2 Å². The number of carbonyl (C=O) groups excluding carboxylic acids is 4. The van der Waals surface area contributed by atoms with Crippen molar-refractivity contribution in [2.45, 2.75) is 173 Å². The number of carbonyl (C=O) groups is 7. The molecule has 0 unspecified atom stereocenters. The number of unbranched alkanes of at least 4 members (excludes halogenated alkanes) is 3. The fraction of sp³-hybridized carbons (Fsp3) is 0.446. The van der Waals surface area contributed by atoms with Crippen molar-refractivity contribution in [1.29, 1.82) is 5.41 Å². The third-order valence-corrected chi connectivity index (χ3v) is 19.8. The minimum atomic E-state index is -4.14. The first-order chi connectivity index (χ1) is 46.9. The molecule has 0 bridgehead atoms. The Bertz CT molecular complexity index is 4010. The predicted octanol–water partition coefficient (Wildman–Crippen LogP) is 10.9. The zero-order chi connectivity index (χ0) is 72.1. The van der Waals surface area contributed by atoms with Gasteiger partial charge in [0.05, 0.1) is 28.9 Å². The number of hydrogen-bond acceptors (Lipinski definition) is 14.